The largest absolute Gasteiger partial charge is 0.368 e. The van der Waals surface area contributed by atoms with Gasteiger partial charge in [0.05, 0.1) is 5.69 Å². The van der Waals surface area contributed by atoms with E-state index in [1.807, 2.05) is 52.7 Å². The highest BCUT2D eigenvalue weighted by Crippen LogP contribution is 2.21. The van der Waals surface area contributed by atoms with Crippen molar-refractivity contribution >= 4 is 45.6 Å². The van der Waals surface area contributed by atoms with Gasteiger partial charge < -0.3 is 9.80 Å². The van der Waals surface area contributed by atoms with E-state index >= 15 is 0 Å². The number of nitrogens with one attached hydrogen (secondary N) is 1. The smallest absolute Gasteiger partial charge is 0.257 e. The zero-order chi connectivity index (χ0) is 21.6. The Labute approximate surface area is 190 Å². The molecule has 1 aromatic heterocycles. The highest BCUT2D eigenvalue weighted by Gasteiger charge is 2.21. The molecule has 3 aromatic rings. The normalized spacial score (nSPS) is 13.8. The van der Waals surface area contributed by atoms with Gasteiger partial charge in [-0.2, -0.15) is 0 Å². The zero-order valence-corrected chi connectivity index (χ0v) is 18.5. The van der Waals surface area contributed by atoms with Gasteiger partial charge in [-0.25, -0.2) is 4.98 Å². The van der Waals surface area contributed by atoms with Crippen LogP contribution < -0.4 is 10.2 Å². The van der Waals surface area contributed by atoms with Crippen molar-refractivity contribution in [2.24, 2.45) is 0 Å². The van der Waals surface area contributed by atoms with Gasteiger partial charge in [-0.05, 0) is 36.8 Å². The Bertz CT molecular complexity index is 1050. The van der Waals surface area contributed by atoms with Gasteiger partial charge in [0.25, 0.3) is 5.91 Å². The number of piperazine rings is 1. The molecule has 31 heavy (non-hydrogen) atoms. The van der Waals surface area contributed by atoms with Crippen molar-refractivity contribution in [1.82, 2.24) is 9.88 Å². The molecule has 4 rings (SSSR count). The molecule has 1 aliphatic rings. The van der Waals surface area contributed by atoms with Crippen LogP contribution in [-0.2, 0) is 11.2 Å². The molecule has 6 nitrogen and oxygen atoms in total. The number of hydrogen-bond donors (Lipinski definition) is 1. The van der Waals surface area contributed by atoms with Gasteiger partial charge in [0.2, 0.25) is 5.91 Å². The maximum absolute atomic E-state index is 12.6. The van der Waals surface area contributed by atoms with Gasteiger partial charge in [0.15, 0.2) is 5.13 Å². The summed E-state index contributed by atoms with van der Waals surface area (Å²) < 4.78 is 0. The summed E-state index contributed by atoms with van der Waals surface area (Å²) in [5, 5.41) is 5.97. The number of carbonyl (C=O) groups excluding carboxylic acids is 2. The average Bonchev–Trinajstić information content (AvgIpc) is 3.25. The molecule has 8 heteroatoms. The summed E-state index contributed by atoms with van der Waals surface area (Å²) in [7, 11) is 0. The van der Waals surface area contributed by atoms with Crippen molar-refractivity contribution < 1.29 is 9.59 Å². The van der Waals surface area contributed by atoms with Crippen LogP contribution in [0.5, 0.6) is 0 Å². The number of benzene rings is 2. The Morgan fingerprint density at radius 1 is 1.03 bits per heavy atom. The summed E-state index contributed by atoms with van der Waals surface area (Å²) in [5.74, 6) is -0.0521. The molecule has 0 saturated carbocycles. The predicted molar refractivity (Wildman–Crippen MR) is 125 cm³/mol. The summed E-state index contributed by atoms with van der Waals surface area (Å²) in [6, 6.07) is 16.8. The summed E-state index contributed by atoms with van der Waals surface area (Å²) in [4.78, 5) is 33.5. The van der Waals surface area contributed by atoms with Crippen molar-refractivity contribution in [1.29, 1.82) is 0 Å². The summed E-state index contributed by atoms with van der Waals surface area (Å²) in [5.41, 5.74) is 2.50. The molecule has 0 unspecified atom stereocenters. The fourth-order valence-electron chi connectivity index (χ4n) is 3.52. The number of carbonyl (C=O) groups is 2. The van der Waals surface area contributed by atoms with Crippen LogP contribution >= 0.6 is 22.9 Å². The summed E-state index contributed by atoms with van der Waals surface area (Å²) >= 11 is 7.46. The summed E-state index contributed by atoms with van der Waals surface area (Å²) in [6.07, 6.45) is 0.970. The highest BCUT2D eigenvalue weighted by atomic mass is 35.5. The van der Waals surface area contributed by atoms with E-state index in [2.05, 4.69) is 15.2 Å². The van der Waals surface area contributed by atoms with E-state index in [0.717, 1.165) is 29.5 Å². The van der Waals surface area contributed by atoms with Gasteiger partial charge >= 0.3 is 0 Å². The molecule has 2 heterocycles. The fourth-order valence-corrected chi connectivity index (χ4v) is 4.44. The number of aromatic nitrogens is 1. The Balaban J connectivity index is 1.24. The zero-order valence-electron chi connectivity index (χ0n) is 17.0. The molecule has 0 radical (unpaired) electrons. The third-order valence-corrected chi connectivity index (χ3v) is 6.25. The third kappa shape index (κ3) is 5.62. The molecule has 1 fully saturated rings. The molecule has 0 aliphatic carbocycles. The molecule has 2 aromatic carbocycles. The first-order valence-corrected chi connectivity index (χ1v) is 11.4. The first kappa shape index (κ1) is 21.3. The number of hydrogen-bond acceptors (Lipinski definition) is 5. The SMILES string of the molecule is O=C(Nc1nc(CCC(=O)N2CCN(c3cccc(Cl)c3)CC2)cs1)c1ccccc1. The Kier molecular flexibility index (Phi) is 6.84. The standard InChI is InChI=1S/C23H23ClN4O2S/c24-18-7-4-8-20(15-18)27-11-13-28(14-12-27)21(29)10-9-19-16-31-23(25-19)26-22(30)17-5-2-1-3-6-17/h1-8,15-16H,9-14H2,(H,25,26,30). The van der Waals surface area contributed by atoms with E-state index in [1.165, 1.54) is 11.3 Å². The van der Waals surface area contributed by atoms with E-state index in [-0.39, 0.29) is 11.8 Å². The number of thiazole rings is 1. The second-order valence-corrected chi connectivity index (χ2v) is 8.61. The second kappa shape index (κ2) is 9.94. The maximum Gasteiger partial charge on any atom is 0.257 e. The molecule has 1 aliphatic heterocycles. The van der Waals surface area contributed by atoms with Crippen LogP contribution in [0.3, 0.4) is 0 Å². The van der Waals surface area contributed by atoms with E-state index in [4.69, 9.17) is 11.6 Å². The van der Waals surface area contributed by atoms with Crippen molar-refractivity contribution in [3.8, 4) is 0 Å². The van der Waals surface area contributed by atoms with Gasteiger partial charge in [-0.3, -0.25) is 14.9 Å². The lowest BCUT2D eigenvalue weighted by molar-refractivity contribution is -0.131. The molecule has 2 amide bonds. The minimum atomic E-state index is -0.185. The first-order chi connectivity index (χ1) is 15.1. The Morgan fingerprint density at radius 2 is 1.81 bits per heavy atom. The van der Waals surface area contributed by atoms with Crippen LogP contribution in [0.25, 0.3) is 0 Å². The molecular formula is C23H23ClN4O2S. The monoisotopic (exact) mass is 454 g/mol. The van der Waals surface area contributed by atoms with E-state index < -0.39 is 0 Å². The molecule has 0 bridgehead atoms. The number of nitrogens with zero attached hydrogens (tertiary/aromatic N) is 3. The Morgan fingerprint density at radius 3 is 2.55 bits per heavy atom. The van der Waals surface area contributed by atoms with Gasteiger partial charge in [-0.15, -0.1) is 11.3 Å². The molecular weight excluding hydrogens is 432 g/mol. The molecule has 0 spiro atoms. The van der Waals surface area contributed by atoms with Crippen LogP contribution in [0.2, 0.25) is 5.02 Å². The number of amides is 2. The van der Waals surface area contributed by atoms with Crippen molar-refractivity contribution in [2.45, 2.75) is 12.8 Å². The minimum Gasteiger partial charge on any atom is -0.368 e. The number of anilines is 2. The third-order valence-electron chi connectivity index (χ3n) is 5.21. The molecule has 160 valence electrons. The topological polar surface area (TPSA) is 65.5 Å². The maximum atomic E-state index is 12.6. The van der Waals surface area contributed by atoms with Gasteiger partial charge in [0.1, 0.15) is 0 Å². The van der Waals surface area contributed by atoms with E-state index in [1.54, 1.807) is 12.1 Å². The number of halogens is 1. The van der Waals surface area contributed by atoms with Crippen LogP contribution in [0.4, 0.5) is 10.8 Å². The van der Waals surface area contributed by atoms with E-state index in [0.29, 0.717) is 36.6 Å². The molecule has 0 atom stereocenters. The molecule has 1 saturated heterocycles. The lowest BCUT2D eigenvalue weighted by atomic mass is 10.2. The fraction of sp³-hybridized carbons (Fsp3) is 0.261. The minimum absolute atomic E-state index is 0.133. The average molecular weight is 455 g/mol. The van der Waals surface area contributed by atoms with Gasteiger partial charge in [0, 0.05) is 54.3 Å². The summed E-state index contributed by atoms with van der Waals surface area (Å²) in [6.45, 7) is 2.97. The Hall–Kier alpha value is -2.90. The quantitative estimate of drug-likeness (QED) is 0.602. The van der Waals surface area contributed by atoms with Gasteiger partial charge in [-0.1, -0.05) is 35.9 Å². The predicted octanol–water partition coefficient (Wildman–Crippen LogP) is 4.33. The van der Waals surface area contributed by atoms with Crippen molar-refractivity contribution in [2.75, 3.05) is 36.4 Å². The second-order valence-electron chi connectivity index (χ2n) is 7.31. The highest BCUT2D eigenvalue weighted by molar-refractivity contribution is 7.14. The van der Waals surface area contributed by atoms with Crippen LogP contribution in [0.15, 0.2) is 60.0 Å². The number of rotatable bonds is 6. The van der Waals surface area contributed by atoms with Crippen molar-refractivity contribution in [3.63, 3.8) is 0 Å². The number of aryl methyl sites for hydroxylation is 1. The lowest BCUT2D eigenvalue weighted by Gasteiger charge is -2.36. The van der Waals surface area contributed by atoms with Crippen LogP contribution in [0.1, 0.15) is 22.5 Å². The van der Waals surface area contributed by atoms with Crippen LogP contribution in [0, 0.1) is 0 Å². The van der Waals surface area contributed by atoms with Crippen LogP contribution in [-0.4, -0.2) is 47.9 Å². The molecule has 1 N–H and O–H groups in total. The first-order valence-electron chi connectivity index (χ1n) is 10.2. The lowest BCUT2D eigenvalue weighted by Crippen LogP contribution is -2.48. The van der Waals surface area contributed by atoms with Crippen molar-refractivity contribution in [3.05, 3.63) is 76.3 Å². The van der Waals surface area contributed by atoms with E-state index in [9.17, 15) is 9.59 Å².